The summed E-state index contributed by atoms with van der Waals surface area (Å²) in [6, 6.07) is 15.9. The lowest BCUT2D eigenvalue weighted by molar-refractivity contribution is -0.384. The summed E-state index contributed by atoms with van der Waals surface area (Å²) in [5.74, 6) is 0.578. The van der Waals surface area contributed by atoms with E-state index in [1.165, 1.54) is 23.9 Å². The fraction of sp³-hybridized carbons (Fsp3) is 0.0667. The predicted octanol–water partition coefficient (Wildman–Crippen LogP) is 3.75. The molecule has 0 spiro atoms. The number of rotatable bonds is 5. The van der Waals surface area contributed by atoms with Crippen molar-refractivity contribution in [2.24, 2.45) is 15.9 Å². The highest BCUT2D eigenvalue weighted by molar-refractivity contribution is 8.93. The van der Waals surface area contributed by atoms with Crippen molar-refractivity contribution in [3.63, 3.8) is 0 Å². The summed E-state index contributed by atoms with van der Waals surface area (Å²) in [6.45, 7) is 0. The van der Waals surface area contributed by atoms with Gasteiger partial charge in [-0.25, -0.2) is 0 Å². The first-order valence-electron chi connectivity index (χ1n) is 6.43. The number of thioether (sulfide) groups is 1. The number of nitrogens with zero attached hydrogens (tertiary/aromatic N) is 3. The van der Waals surface area contributed by atoms with Crippen LogP contribution in [0.25, 0.3) is 0 Å². The molecule has 2 rings (SSSR count). The van der Waals surface area contributed by atoms with Crippen molar-refractivity contribution < 1.29 is 4.92 Å². The van der Waals surface area contributed by atoms with Gasteiger partial charge >= 0.3 is 0 Å². The van der Waals surface area contributed by atoms with Crippen LogP contribution < -0.4 is 5.73 Å². The normalized spacial score (nSPS) is 11.2. The molecule has 0 bridgehead atoms. The Morgan fingerprint density at radius 3 is 2.43 bits per heavy atom. The van der Waals surface area contributed by atoms with Crippen molar-refractivity contribution in [3.8, 4) is 0 Å². The zero-order valence-electron chi connectivity index (χ0n) is 12.0. The van der Waals surface area contributed by atoms with Crippen molar-refractivity contribution in [2.75, 3.05) is 0 Å². The van der Waals surface area contributed by atoms with Crippen LogP contribution in [0.4, 0.5) is 5.69 Å². The number of halogens is 1. The van der Waals surface area contributed by atoms with Crippen LogP contribution in [-0.4, -0.2) is 16.3 Å². The molecule has 0 atom stereocenters. The van der Waals surface area contributed by atoms with E-state index in [9.17, 15) is 10.1 Å². The smallest absolute Gasteiger partial charge is 0.269 e. The van der Waals surface area contributed by atoms with Gasteiger partial charge < -0.3 is 5.73 Å². The zero-order valence-corrected chi connectivity index (χ0v) is 14.6. The van der Waals surface area contributed by atoms with Gasteiger partial charge in [-0.3, -0.25) is 10.1 Å². The first kappa shape index (κ1) is 18.9. The van der Waals surface area contributed by atoms with Gasteiger partial charge in [0.1, 0.15) is 0 Å². The van der Waals surface area contributed by atoms with Gasteiger partial charge in [-0.1, -0.05) is 54.2 Å². The Morgan fingerprint density at radius 2 is 1.83 bits per heavy atom. The first-order valence-corrected chi connectivity index (χ1v) is 7.41. The predicted molar refractivity (Wildman–Crippen MR) is 100 cm³/mol. The highest BCUT2D eigenvalue weighted by Gasteiger charge is 2.04. The third-order valence-corrected chi connectivity index (χ3v) is 3.55. The van der Waals surface area contributed by atoms with Crippen molar-refractivity contribution in [3.05, 3.63) is 75.8 Å². The molecular weight excluding hydrogens is 380 g/mol. The summed E-state index contributed by atoms with van der Waals surface area (Å²) in [7, 11) is 0. The van der Waals surface area contributed by atoms with E-state index in [-0.39, 0.29) is 22.7 Å². The van der Waals surface area contributed by atoms with Crippen LogP contribution in [0.15, 0.2) is 64.8 Å². The molecule has 0 saturated carbocycles. The fourth-order valence-electron chi connectivity index (χ4n) is 1.59. The van der Waals surface area contributed by atoms with Gasteiger partial charge in [0.2, 0.25) is 0 Å². The molecule has 0 aromatic heterocycles. The minimum absolute atomic E-state index is 0. The standard InChI is InChI=1S/C15H14N4O2S.BrH/c16-15(18-17-10-12-4-2-1-3-5-12)22-11-13-6-8-14(9-7-13)19(20)21;/h1-10H,11H2,(H2,16,18);1H/b17-10-;. The molecule has 2 aromatic rings. The molecule has 0 fully saturated rings. The van der Waals surface area contributed by atoms with E-state index in [4.69, 9.17) is 5.73 Å². The summed E-state index contributed by atoms with van der Waals surface area (Å²) >= 11 is 1.32. The van der Waals surface area contributed by atoms with E-state index in [1.54, 1.807) is 18.3 Å². The van der Waals surface area contributed by atoms with E-state index >= 15 is 0 Å². The van der Waals surface area contributed by atoms with Crippen molar-refractivity contribution >= 4 is 45.8 Å². The maximum atomic E-state index is 10.6. The number of nitro benzene ring substituents is 1. The average Bonchev–Trinajstić information content (AvgIpc) is 2.54. The third kappa shape index (κ3) is 6.62. The molecule has 0 unspecified atom stereocenters. The van der Waals surface area contributed by atoms with Crippen molar-refractivity contribution in [1.82, 2.24) is 0 Å². The monoisotopic (exact) mass is 394 g/mol. The Labute approximate surface area is 148 Å². The maximum absolute atomic E-state index is 10.6. The first-order chi connectivity index (χ1) is 10.6. The molecule has 23 heavy (non-hydrogen) atoms. The molecule has 0 heterocycles. The van der Waals surface area contributed by atoms with Crippen LogP contribution in [0.1, 0.15) is 11.1 Å². The summed E-state index contributed by atoms with van der Waals surface area (Å²) < 4.78 is 0. The molecule has 0 amide bonds. The zero-order chi connectivity index (χ0) is 15.8. The molecule has 2 N–H and O–H groups in total. The number of hydrogen-bond donors (Lipinski definition) is 1. The van der Waals surface area contributed by atoms with Crippen molar-refractivity contribution in [1.29, 1.82) is 0 Å². The van der Waals surface area contributed by atoms with Gasteiger partial charge in [-0.05, 0) is 11.1 Å². The Morgan fingerprint density at radius 1 is 1.17 bits per heavy atom. The van der Waals surface area contributed by atoms with Gasteiger partial charge in [0.15, 0.2) is 5.17 Å². The van der Waals surface area contributed by atoms with Gasteiger partial charge in [0.25, 0.3) is 5.69 Å². The number of non-ortho nitro benzene ring substituents is 1. The number of nitrogens with two attached hydrogens (primary N) is 1. The highest BCUT2D eigenvalue weighted by Crippen LogP contribution is 2.16. The quantitative estimate of drug-likeness (QED) is 0.361. The van der Waals surface area contributed by atoms with Gasteiger partial charge in [0, 0.05) is 17.9 Å². The fourth-order valence-corrected chi connectivity index (χ4v) is 2.20. The molecule has 0 saturated heterocycles. The summed E-state index contributed by atoms with van der Waals surface area (Å²) in [6.07, 6.45) is 1.62. The second kappa shape index (κ2) is 9.75. The summed E-state index contributed by atoms with van der Waals surface area (Å²) in [5, 5.41) is 18.7. The second-order valence-corrected chi connectivity index (χ2v) is 5.30. The molecule has 0 aliphatic heterocycles. The van der Waals surface area contributed by atoms with E-state index in [2.05, 4.69) is 10.2 Å². The molecule has 0 radical (unpaired) electrons. The van der Waals surface area contributed by atoms with E-state index < -0.39 is 4.92 Å². The largest absolute Gasteiger partial charge is 0.377 e. The van der Waals surface area contributed by atoms with Crippen LogP contribution >= 0.6 is 28.7 Å². The van der Waals surface area contributed by atoms with Crippen LogP contribution in [-0.2, 0) is 5.75 Å². The van der Waals surface area contributed by atoms with E-state index in [0.29, 0.717) is 10.9 Å². The number of amidine groups is 1. The molecule has 0 aliphatic carbocycles. The SMILES string of the molecule is Br.N/C(=N/N=C\c1ccccc1)SCc1ccc([N+](=O)[O-])cc1. The molecular formula is C15H15BrN4O2S. The third-order valence-electron chi connectivity index (χ3n) is 2.70. The minimum atomic E-state index is -0.426. The van der Waals surface area contributed by atoms with Crippen LogP contribution in [0.5, 0.6) is 0 Å². The lowest BCUT2D eigenvalue weighted by atomic mass is 10.2. The van der Waals surface area contributed by atoms with E-state index in [1.807, 2.05) is 30.3 Å². The van der Waals surface area contributed by atoms with Gasteiger partial charge in [-0.15, -0.1) is 22.1 Å². The van der Waals surface area contributed by atoms with Crippen molar-refractivity contribution in [2.45, 2.75) is 5.75 Å². The second-order valence-electron chi connectivity index (χ2n) is 4.31. The molecule has 2 aromatic carbocycles. The summed E-state index contributed by atoms with van der Waals surface area (Å²) in [4.78, 5) is 10.1. The topological polar surface area (TPSA) is 93.9 Å². The minimum Gasteiger partial charge on any atom is -0.377 e. The summed E-state index contributed by atoms with van der Waals surface area (Å²) in [5.41, 5.74) is 7.70. The van der Waals surface area contributed by atoms with Gasteiger partial charge in [-0.2, -0.15) is 5.10 Å². The molecule has 8 heteroatoms. The highest BCUT2D eigenvalue weighted by atomic mass is 79.9. The maximum Gasteiger partial charge on any atom is 0.269 e. The van der Waals surface area contributed by atoms with Crippen LogP contribution in [0.3, 0.4) is 0 Å². The Bertz CT molecular complexity index is 690. The molecule has 6 nitrogen and oxygen atoms in total. The molecule has 120 valence electrons. The van der Waals surface area contributed by atoms with Gasteiger partial charge in [0.05, 0.1) is 11.1 Å². The van der Waals surface area contributed by atoms with E-state index in [0.717, 1.165) is 11.1 Å². The number of hydrogen-bond acceptors (Lipinski definition) is 5. The average molecular weight is 395 g/mol. The Kier molecular flexibility index (Phi) is 8.00. The molecule has 0 aliphatic rings. The Hall–Kier alpha value is -2.19. The Balaban J connectivity index is 0.00000264. The number of nitro groups is 1. The lowest BCUT2D eigenvalue weighted by Crippen LogP contribution is -2.06. The van der Waals surface area contributed by atoms with Crippen LogP contribution in [0.2, 0.25) is 0 Å². The lowest BCUT2D eigenvalue weighted by Gasteiger charge is -2.00. The van der Waals surface area contributed by atoms with Crippen LogP contribution in [0, 0.1) is 10.1 Å². The number of benzene rings is 2.